The molecule has 8 aliphatic rings. The zero-order valence-corrected chi connectivity index (χ0v) is 53.2. The Bertz CT molecular complexity index is 2460. The normalized spacial score (nSPS) is 49.9. The van der Waals surface area contributed by atoms with Crippen LogP contribution in [0.2, 0.25) is 0 Å². The maximum absolute atomic E-state index is 12.2. The number of methoxy groups -OCH3 is 1. The highest BCUT2D eigenvalue weighted by atomic mass is 16.8. The minimum Gasteiger partial charge on any atom is -0.394 e. The molecule has 0 aromatic heterocycles. The number of rotatable bonds is 30. The van der Waals surface area contributed by atoms with Crippen LogP contribution in [0.4, 0.5) is 0 Å². The Hall–Kier alpha value is -2.13. The fourth-order valence-electron chi connectivity index (χ4n) is 12.6. The molecular formula is C55H94O46. The van der Waals surface area contributed by atoms with Crippen molar-refractivity contribution in [3.8, 4) is 0 Å². The van der Waals surface area contributed by atoms with Crippen LogP contribution in [0.25, 0.3) is 0 Å². The number of carbonyl (C=O) groups is 1. The molecule has 8 aliphatic heterocycles. The molecule has 46 nitrogen and oxygen atoms in total. The van der Waals surface area contributed by atoms with Gasteiger partial charge in [0.05, 0.1) is 59.5 Å². The first kappa shape index (κ1) is 84.5. The molecule has 28 N–H and O–H groups in total. The average molecular weight is 1490 g/mol. The molecule has 44 atom stereocenters. The van der Waals surface area contributed by atoms with Crippen molar-refractivity contribution < 1.29 is 228 Å². The van der Waals surface area contributed by atoms with E-state index in [1.165, 1.54) is 0 Å². The van der Waals surface area contributed by atoms with Gasteiger partial charge in [-0.25, -0.2) is 0 Å². The van der Waals surface area contributed by atoms with Gasteiger partial charge in [-0.05, 0) is 0 Å². The number of aliphatic hydroxyl groups excluding tert-OH is 28. The fourth-order valence-corrected chi connectivity index (χ4v) is 12.6. The van der Waals surface area contributed by atoms with Crippen molar-refractivity contribution in [2.45, 2.75) is 270 Å². The van der Waals surface area contributed by atoms with E-state index in [1.807, 2.05) is 0 Å². The van der Waals surface area contributed by atoms with Gasteiger partial charge in [0.2, 0.25) is 0 Å². The van der Waals surface area contributed by atoms with E-state index < -0.39 is 330 Å². The summed E-state index contributed by atoms with van der Waals surface area (Å²) in [6.07, 6.45) is -93.3. The Kier molecular flexibility index (Phi) is 31.2. The number of hydrogen-bond acceptors (Lipinski definition) is 46. The minimum atomic E-state index is -2.54. The van der Waals surface area contributed by atoms with Gasteiger partial charge in [-0.2, -0.15) is 0 Å². The molecule has 0 aromatic rings. The van der Waals surface area contributed by atoms with Gasteiger partial charge in [-0.1, -0.05) is 0 Å². The molecule has 590 valence electrons. The first-order valence-corrected chi connectivity index (χ1v) is 31.8. The van der Waals surface area contributed by atoms with E-state index in [2.05, 4.69) is 0 Å². The Morgan fingerprint density at radius 2 is 0.554 bits per heavy atom. The number of aldehydes is 1. The second kappa shape index (κ2) is 37.3. The van der Waals surface area contributed by atoms with Crippen molar-refractivity contribution in [3.63, 3.8) is 0 Å². The smallest absolute Gasteiger partial charge is 0.187 e. The molecule has 0 aliphatic carbocycles. The number of hydrogen-bond donors (Lipinski definition) is 28. The van der Waals surface area contributed by atoms with E-state index >= 15 is 0 Å². The summed E-state index contributed by atoms with van der Waals surface area (Å²) in [5.74, 6) is 0. The third-order valence-corrected chi connectivity index (χ3v) is 18.6. The lowest BCUT2D eigenvalue weighted by Crippen LogP contribution is -2.68. The number of ether oxygens (including phenoxy) is 17. The van der Waals surface area contributed by atoms with Gasteiger partial charge in [-0.15, -0.1) is 0 Å². The predicted octanol–water partition coefficient (Wildman–Crippen LogP) is -20.1. The monoisotopic (exact) mass is 1490 g/mol. The van der Waals surface area contributed by atoms with Crippen molar-refractivity contribution in [2.75, 3.05) is 66.6 Å². The van der Waals surface area contributed by atoms with Crippen LogP contribution >= 0.6 is 0 Å². The van der Waals surface area contributed by atoms with Crippen molar-refractivity contribution in [1.29, 1.82) is 0 Å². The maximum Gasteiger partial charge on any atom is 0.187 e. The van der Waals surface area contributed by atoms with Gasteiger partial charge < -0.3 is 228 Å². The van der Waals surface area contributed by atoms with Crippen LogP contribution in [0.3, 0.4) is 0 Å². The summed E-state index contributed by atoms with van der Waals surface area (Å²) in [4.78, 5) is 11.6. The number of carbonyl (C=O) groups excluding carboxylic acids is 1. The van der Waals surface area contributed by atoms with Gasteiger partial charge in [0.15, 0.2) is 56.6 Å². The van der Waals surface area contributed by atoms with E-state index in [0.29, 0.717) is 0 Å². The molecule has 0 bridgehead atoms. The van der Waals surface area contributed by atoms with Gasteiger partial charge >= 0.3 is 0 Å². The maximum atomic E-state index is 12.2. The van der Waals surface area contributed by atoms with Crippen LogP contribution in [0.15, 0.2) is 0 Å². The Balaban J connectivity index is 1.07. The summed E-state index contributed by atoms with van der Waals surface area (Å²) >= 11 is 0. The zero-order chi connectivity index (χ0) is 74.5. The summed E-state index contributed by atoms with van der Waals surface area (Å²) in [6, 6.07) is 0. The van der Waals surface area contributed by atoms with Gasteiger partial charge in [-0.3, -0.25) is 0 Å². The minimum absolute atomic E-state index is 0.180. The molecule has 8 saturated heterocycles. The lowest BCUT2D eigenvalue weighted by molar-refractivity contribution is -0.400. The molecular weight excluding hydrogens is 1400 g/mol. The highest BCUT2D eigenvalue weighted by molar-refractivity contribution is 5.56. The molecule has 0 radical (unpaired) electrons. The third-order valence-electron chi connectivity index (χ3n) is 18.6. The highest BCUT2D eigenvalue weighted by Crippen LogP contribution is 2.39. The fraction of sp³-hybridized carbons (Fsp3) is 0.982. The van der Waals surface area contributed by atoms with Gasteiger partial charge in [0.1, 0.15) is 220 Å². The largest absolute Gasteiger partial charge is 0.394 e. The van der Waals surface area contributed by atoms with Crippen molar-refractivity contribution in [2.24, 2.45) is 0 Å². The van der Waals surface area contributed by atoms with E-state index in [9.17, 15) is 148 Å². The lowest BCUT2D eigenvalue weighted by atomic mass is 9.95. The average Bonchev–Trinajstić information content (AvgIpc) is 0.778. The molecule has 0 aromatic carbocycles. The first-order chi connectivity index (χ1) is 47.9. The standard InChI is InChI=1S/C55H94O46/c1-85-41-24(69)15(5-59)89-50(33(41)78)98-45-28(73)19(9-63)93-54(37(45)82)101-47-30(75)21(11-86-48-34(79)42(25(70)16(6-60)87-48)97-52-36(81)43(26(71)18(8-62)91-52)96-49-32(77)31(76)23(68)14(4-58)88-49)94-55(39(47)84)100-46-29(74)20(10-64)92-53(38(46)83)99-44-27(72)17(7-61)90-51(35(44)80)95-40(13(66)3-57)22(67)12(65)2-56/h3,12-56,58-84H,2,4-11H2,1H3. The van der Waals surface area contributed by atoms with Crippen LogP contribution in [0, 0.1) is 0 Å². The summed E-state index contributed by atoms with van der Waals surface area (Å²) in [5.41, 5.74) is 0. The second-order valence-electron chi connectivity index (χ2n) is 25.1. The summed E-state index contributed by atoms with van der Waals surface area (Å²) < 4.78 is 96.0. The van der Waals surface area contributed by atoms with Gasteiger partial charge in [0.25, 0.3) is 0 Å². The van der Waals surface area contributed by atoms with Crippen molar-refractivity contribution in [1.82, 2.24) is 0 Å². The highest BCUT2D eigenvalue weighted by Gasteiger charge is 2.60. The first-order valence-electron chi connectivity index (χ1n) is 31.8. The zero-order valence-electron chi connectivity index (χ0n) is 53.2. The van der Waals surface area contributed by atoms with Crippen LogP contribution in [0.5, 0.6) is 0 Å². The van der Waals surface area contributed by atoms with E-state index in [1.54, 1.807) is 0 Å². The molecule has 44 unspecified atom stereocenters. The van der Waals surface area contributed by atoms with Crippen LogP contribution < -0.4 is 0 Å². The summed E-state index contributed by atoms with van der Waals surface area (Å²) in [5, 5.41) is 305. The molecule has 8 heterocycles. The van der Waals surface area contributed by atoms with E-state index in [0.717, 1.165) is 7.11 Å². The molecule has 0 amide bonds. The Morgan fingerprint density at radius 3 is 0.861 bits per heavy atom. The molecule has 8 fully saturated rings. The topological polar surface area (TPSA) is 740 Å². The van der Waals surface area contributed by atoms with Gasteiger partial charge in [0, 0.05) is 7.11 Å². The van der Waals surface area contributed by atoms with Crippen molar-refractivity contribution in [3.05, 3.63) is 0 Å². The third kappa shape index (κ3) is 18.1. The quantitative estimate of drug-likeness (QED) is 0.0297. The Labute approximate surface area is 570 Å². The molecule has 0 saturated carbocycles. The Morgan fingerprint density at radius 1 is 0.307 bits per heavy atom. The summed E-state index contributed by atoms with van der Waals surface area (Å²) in [7, 11) is 1.06. The predicted molar refractivity (Wildman–Crippen MR) is 303 cm³/mol. The van der Waals surface area contributed by atoms with Crippen LogP contribution in [-0.4, -0.2) is 486 Å². The number of aliphatic hydroxyl groups is 28. The van der Waals surface area contributed by atoms with Crippen molar-refractivity contribution >= 4 is 6.29 Å². The van der Waals surface area contributed by atoms with Crippen LogP contribution in [0.1, 0.15) is 0 Å². The molecule has 0 spiro atoms. The lowest BCUT2D eigenvalue weighted by Gasteiger charge is -2.50. The summed E-state index contributed by atoms with van der Waals surface area (Å²) in [6.45, 7) is -9.85. The second-order valence-corrected chi connectivity index (χ2v) is 25.1. The molecule has 46 heteroatoms. The molecule has 101 heavy (non-hydrogen) atoms. The van der Waals surface area contributed by atoms with Crippen LogP contribution in [-0.2, 0) is 85.3 Å². The molecule has 8 rings (SSSR count). The van der Waals surface area contributed by atoms with E-state index in [4.69, 9.17) is 80.5 Å². The SMILES string of the molecule is COC1C(O)C(CO)OC(OC2C(O)C(CO)OC(OC3C(O)C(COC4OC(CO)C(O)C(OC5OC(CO)C(O)C(OC6OC(CO)C(O)C(O)C6O)C5O)C4O)OC(OC4C(O)C(CO)OC(OC5C(O)C(CO)OC(OC(C(O)C=O)C(O)C(O)CO)C5O)C4O)C3O)C2O)C1O. The van der Waals surface area contributed by atoms with E-state index in [-0.39, 0.29) is 6.29 Å².